The van der Waals surface area contributed by atoms with Gasteiger partial charge in [0.1, 0.15) is 5.75 Å². The van der Waals surface area contributed by atoms with Gasteiger partial charge in [0, 0.05) is 12.6 Å². The van der Waals surface area contributed by atoms with Crippen LogP contribution in [0.5, 0.6) is 5.75 Å². The number of hydrogen-bond donors (Lipinski definition) is 1. The third-order valence-electron chi connectivity index (χ3n) is 3.69. The highest BCUT2D eigenvalue weighted by Gasteiger charge is 2.28. The Balaban J connectivity index is 1.81. The van der Waals surface area contributed by atoms with E-state index in [0.717, 1.165) is 25.0 Å². The normalized spacial score (nSPS) is 18.3. The Labute approximate surface area is 124 Å². The number of carbonyl (C=O) groups excluding carboxylic acids is 1. The lowest BCUT2D eigenvalue weighted by Crippen LogP contribution is -2.45. The molecule has 2 rings (SSSR count). The molecule has 1 N–H and O–H groups in total. The molecular weight excluding hydrogens is 270 g/mol. The van der Waals surface area contributed by atoms with E-state index in [4.69, 9.17) is 9.84 Å². The van der Waals surface area contributed by atoms with Gasteiger partial charge < -0.3 is 14.7 Å². The molecule has 1 aliphatic rings. The van der Waals surface area contributed by atoms with Crippen molar-refractivity contribution in [2.24, 2.45) is 0 Å². The number of carboxylic acid groups (broad SMARTS) is 1. The fourth-order valence-corrected chi connectivity index (χ4v) is 2.66. The number of ether oxygens (including phenoxy) is 1. The van der Waals surface area contributed by atoms with Gasteiger partial charge in [-0.3, -0.25) is 9.59 Å². The second-order valence-corrected chi connectivity index (χ2v) is 5.25. The predicted molar refractivity (Wildman–Crippen MR) is 78.2 cm³/mol. The Morgan fingerprint density at radius 1 is 1.24 bits per heavy atom. The summed E-state index contributed by atoms with van der Waals surface area (Å²) in [5.74, 6) is -0.122. The number of rotatable bonds is 6. The maximum absolute atomic E-state index is 12.2. The average molecular weight is 291 g/mol. The quantitative estimate of drug-likeness (QED) is 0.873. The molecule has 114 valence electrons. The summed E-state index contributed by atoms with van der Waals surface area (Å²) in [5, 5.41) is 8.93. The number of benzene rings is 1. The molecule has 21 heavy (non-hydrogen) atoms. The van der Waals surface area contributed by atoms with Crippen LogP contribution in [0.3, 0.4) is 0 Å². The van der Waals surface area contributed by atoms with Crippen molar-refractivity contribution < 1.29 is 19.4 Å². The van der Waals surface area contributed by atoms with Gasteiger partial charge in [-0.15, -0.1) is 0 Å². The molecule has 1 unspecified atom stereocenters. The van der Waals surface area contributed by atoms with Crippen LogP contribution in [0.25, 0.3) is 0 Å². The number of aliphatic carboxylic acids is 1. The van der Waals surface area contributed by atoms with Gasteiger partial charge in [-0.1, -0.05) is 18.2 Å². The lowest BCUT2D eigenvalue weighted by atomic mass is 9.99. The Kier molecular flexibility index (Phi) is 5.60. The largest absolute Gasteiger partial charge is 0.493 e. The van der Waals surface area contributed by atoms with Crippen LogP contribution in [0.4, 0.5) is 0 Å². The molecule has 0 aliphatic carbocycles. The zero-order chi connectivity index (χ0) is 15.1. The molecule has 1 aromatic carbocycles. The Morgan fingerprint density at radius 3 is 2.71 bits per heavy atom. The lowest BCUT2D eigenvalue weighted by Gasteiger charge is -2.35. The monoisotopic (exact) mass is 291 g/mol. The third-order valence-corrected chi connectivity index (χ3v) is 3.69. The summed E-state index contributed by atoms with van der Waals surface area (Å²) in [7, 11) is 0. The molecule has 1 atom stereocenters. The Morgan fingerprint density at radius 2 is 2.00 bits per heavy atom. The highest BCUT2D eigenvalue weighted by molar-refractivity contribution is 5.78. The van der Waals surface area contributed by atoms with Gasteiger partial charge in [0.15, 0.2) is 0 Å². The van der Waals surface area contributed by atoms with E-state index in [1.165, 1.54) is 0 Å². The zero-order valence-electron chi connectivity index (χ0n) is 12.0. The molecule has 1 saturated heterocycles. The topological polar surface area (TPSA) is 66.8 Å². The number of hydrogen-bond acceptors (Lipinski definition) is 3. The fraction of sp³-hybridized carbons (Fsp3) is 0.500. The molecule has 1 aromatic rings. The van der Waals surface area contributed by atoms with Crippen molar-refractivity contribution in [2.75, 3.05) is 13.2 Å². The van der Waals surface area contributed by atoms with Crippen LogP contribution in [0.2, 0.25) is 0 Å². The molecular formula is C16H21NO4. The van der Waals surface area contributed by atoms with Crippen molar-refractivity contribution in [1.29, 1.82) is 0 Å². The number of para-hydroxylation sites is 1. The molecule has 0 saturated carbocycles. The van der Waals surface area contributed by atoms with Gasteiger partial charge >= 0.3 is 5.97 Å². The molecule has 0 bridgehead atoms. The maximum atomic E-state index is 12.2. The molecule has 5 heteroatoms. The summed E-state index contributed by atoms with van der Waals surface area (Å²) in [6, 6.07) is 9.19. The fourth-order valence-electron chi connectivity index (χ4n) is 2.66. The van der Waals surface area contributed by atoms with Gasteiger partial charge in [-0.05, 0) is 31.4 Å². The van der Waals surface area contributed by atoms with Gasteiger partial charge in [0.05, 0.1) is 19.4 Å². The van der Waals surface area contributed by atoms with E-state index in [1.807, 2.05) is 30.3 Å². The van der Waals surface area contributed by atoms with Crippen molar-refractivity contribution in [2.45, 2.75) is 38.1 Å². The van der Waals surface area contributed by atoms with Gasteiger partial charge in [-0.2, -0.15) is 0 Å². The first kappa shape index (κ1) is 15.4. The van der Waals surface area contributed by atoms with Crippen LogP contribution in [0, 0.1) is 0 Å². The first-order chi connectivity index (χ1) is 10.2. The number of nitrogens with zero attached hydrogens (tertiary/aromatic N) is 1. The Bertz CT molecular complexity index is 474. The third kappa shape index (κ3) is 4.77. The van der Waals surface area contributed by atoms with Crippen LogP contribution in [-0.2, 0) is 9.59 Å². The van der Waals surface area contributed by atoms with Crippen molar-refractivity contribution in [3.8, 4) is 5.75 Å². The van der Waals surface area contributed by atoms with Gasteiger partial charge in [-0.25, -0.2) is 0 Å². The van der Waals surface area contributed by atoms with E-state index in [9.17, 15) is 9.59 Å². The molecule has 1 heterocycles. The number of likely N-dealkylation sites (tertiary alicyclic amines) is 1. The first-order valence-electron chi connectivity index (χ1n) is 7.36. The van der Waals surface area contributed by atoms with E-state index < -0.39 is 5.97 Å². The SMILES string of the molecule is O=C(O)CC1CCCCN1C(=O)CCOc1ccccc1. The summed E-state index contributed by atoms with van der Waals surface area (Å²) in [6.07, 6.45) is 3.03. The summed E-state index contributed by atoms with van der Waals surface area (Å²) in [4.78, 5) is 24.8. The van der Waals surface area contributed by atoms with Crippen LogP contribution < -0.4 is 4.74 Å². The van der Waals surface area contributed by atoms with Gasteiger partial charge in [0.2, 0.25) is 5.91 Å². The van der Waals surface area contributed by atoms with Crippen LogP contribution in [-0.4, -0.2) is 41.1 Å². The van der Waals surface area contributed by atoms with Crippen molar-refractivity contribution in [3.63, 3.8) is 0 Å². The standard InChI is InChI=1S/C16H21NO4/c18-15(9-11-21-14-7-2-1-3-8-14)17-10-5-4-6-13(17)12-16(19)20/h1-3,7-8,13H,4-6,9-12H2,(H,19,20). The number of carbonyl (C=O) groups is 2. The number of amides is 1. The molecule has 0 aromatic heterocycles. The summed E-state index contributed by atoms with van der Waals surface area (Å²) in [5.41, 5.74) is 0. The average Bonchev–Trinajstić information content (AvgIpc) is 2.48. The van der Waals surface area contributed by atoms with Crippen LogP contribution in [0.1, 0.15) is 32.1 Å². The first-order valence-corrected chi connectivity index (χ1v) is 7.36. The van der Waals surface area contributed by atoms with Gasteiger partial charge in [0.25, 0.3) is 0 Å². The molecule has 1 fully saturated rings. The van der Waals surface area contributed by atoms with E-state index >= 15 is 0 Å². The highest BCUT2D eigenvalue weighted by Crippen LogP contribution is 2.20. The minimum absolute atomic E-state index is 0.0168. The summed E-state index contributed by atoms with van der Waals surface area (Å²) >= 11 is 0. The molecule has 0 spiro atoms. The molecule has 1 aliphatic heterocycles. The van der Waals surface area contributed by atoms with E-state index in [2.05, 4.69) is 0 Å². The zero-order valence-corrected chi connectivity index (χ0v) is 12.0. The second-order valence-electron chi connectivity index (χ2n) is 5.25. The number of carboxylic acids is 1. The van der Waals surface area contributed by atoms with Crippen molar-refractivity contribution in [1.82, 2.24) is 4.90 Å². The second kappa shape index (κ2) is 7.67. The predicted octanol–water partition coefficient (Wildman–Crippen LogP) is 2.31. The van der Waals surface area contributed by atoms with E-state index in [1.54, 1.807) is 4.90 Å². The van der Waals surface area contributed by atoms with Crippen molar-refractivity contribution in [3.05, 3.63) is 30.3 Å². The van der Waals surface area contributed by atoms with Crippen LogP contribution in [0.15, 0.2) is 30.3 Å². The van der Waals surface area contributed by atoms with E-state index in [-0.39, 0.29) is 24.8 Å². The molecule has 5 nitrogen and oxygen atoms in total. The number of piperidine rings is 1. The summed E-state index contributed by atoms with van der Waals surface area (Å²) < 4.78 is 5.52. The Hall–Kier alpha value is -2.04. The minimum atomic E-state index is -0.847. The lowest BCUT2D eigenvalue weighted by molar-refractivity contribution is -0.142. The van der Waals surface area contributed by atoms with E-state index in [0.29, 0.717) is 13.2 Å². The molecule has 1 amide bonds. The summed E-state index contributed by atoms with van der Waals surface area (Å²) in [6.45, 7) is 0.973. The highest BCUT2D eigenvalue weighted by atomic mass is 16.5. The van der Waals surface area contributed by atoms with Crippen LogP contribution >= 0.6 is 0 Å². The molecule has 0 radical (unpaired) electrons. The maximum Gasteiger partial charge on any atom is 0.305 e. The minimum Gasteiger partial charge on any atom is -0.493 e. The smallest absolute Gasteiger partial charge is 0.305 e. The van der Waals surface area contributed by atoms with Crippen molar-refractivity contribution >= 4 is 11.9 Å².